The number of nitrogens with zero attached hydrogens (tertiary/aromatic N) is 1. The molecule has 2 heterocycles. The Bertz CT molecular complexity index is 564. The van der Waals surface area contributed by atoms with Crippen molar-refractivity contribution >= 4 is 0 Å². The SMILES string of the molecule is Cc1nccc2c1OCc1cc(O)ccc1-2. The largest absolute Gasteiger partial charge is 0.508 e. The summed E-state index contributed by atoms with van der Waals surface area (Å²) in [5.74, 6) is 1.12. The predicted octanol–water partition coefficient (Wildman–Crippen LogP) is 2.66. The molecule has 1 N–H and O–H groups in total. The van der Waals surface area contributed by atoms with Crippen LogP contribution in [0.2, 0.25) is 0 Å². The molecule has 0 radical (unpaired) electrons. The van der Waals surface area contributed by atoms with Gasteiger partial charge in [0.1, 0.15) is 18.1 Å². The maximum atomic E-state index is 9.42. The Hall–Kier alpha value is -2.03. The van der Waals surface area contributed by atoms with Crippen molar-refractivity contribution in [3.8, 4) is 22.6 Å². The fraction of sp³-hybridized carbons (Fsp3) is 0.154. The highest BCUT2D eigenvalue weighted by molar-refractivity contribution is 5.76. The van der Waals surface area contributed by atoms with E-state index in [1.54, 1.807) is 18.3 Å². The van der Waals surface area contributed by atoms with Crippen LogP contribution in [0.15, 0.2) is 30.5 Å². The molecule has 0 spiro atoms. The fourth-order valence-electron chi connectivity index (χ4n) is 2.06. The number of ether oxygens (including phenoxy) is 1. The van der Waals surface area contributed by atoms with E-state index in [1.165, 1.54) is 0 Å². The predicted molar refractivity (Wildman–Crippen MR) is 60.4 cm³/mol. The highest BCUT2D eigenvalue weighted by atomic mass is 16.5. The van der Waals surface area contributed by atoms with Crippen LogP contribution in [0.3, 0.4) is 0 Å². The normalized spacial score (nSPS) is 12.6. The monoisotopic (exact) mass is 213 g/mol. The van der Waals surface area contributed by atoms with Crippen LogP contribution >= 0.6 is 0 Å². The van der Waals surface area contributed by atoms with E-state index in [0.717, 1.165) is 28.1 Å². The summed E-state index contributed by atoms with van der Waals surface area (Å²) < 4.78 is 5.66. The molecule has 0 fully saturated rings. The van der Waals surface area contributed by atoms with Crippen molar-refractivity contribution in [2.24, 2.45) is 0 Å². The Morgan fingerprint density at radius 2 is 2.12 bits per heavy atom. The summed E-state index contributed by atoms with van der Waals surface area (Å²) in [7, 11) is 0. The second-order valence-electron chi connectivity index (χ2n) is 3.90. The summed E-state index contributed by atoms with van der Waals surface area (Å²) in [6.07, 6.45) is 1.78. The van der Waals surface area contributed by atoms with E-state index in [-0.39, 0.29) is 5.75 Å². The Labute approximate surface area is 93.3 Å². The molecule has 3 rings (SSSR count). The second kappa shape index (κ2) is 3.23. The quantitative estimate of drug-likeness (QED) is 0.731. The van der Waals surface area contributed by atoms with Crippen molar-refractivity contribution in [2.75, 3.05) is 0 Å². The third-order valence-electron chi connectivity index (χ3n) is 2.83. The van der Waals surface area contributed by atoms with Crippen LogP contribution in [-0.4, -0.2) is 10.1 Å². The number of hydrogen-bond acceptors (Lipinski definition) is 3. The highest BCUT2D eigenvalue weighted by Gasteiger charge is 2.19. The van der Waals surface area contributed by atoms with Gasteiger partial charge in [0.2, 0.25) is 0 Å². The van der Waals surface area contributed by atoms with E-state index in [1.807, 2.05) is 19.1 Å². The molecular weight excluding hydrogens is 202 g/mol. The molecule has 0 atom stereocenters. The van der Waals surface area contributed by atoms with Gasteiger partial charge in [0, 0.05) is 17.3 Å². The van der Waals surface area contributed by atoms with Gasteiger partial charge in [0.15, 0.2) is 0 Å². The third kappa shape index (κ3) is 1.25. The molecule has 0 bridgehead atoms. The Morgan fingerprint density at radius 1 is 1.25 bits per heavy atom. The molecule has 0 aliphatic carbocycles. The van der Waals surface area contributed by atoms with E-state index in [9.17, 15) is 5.11 Å². The Morgan fingerprint density at radius 3 is 3.00 bits per heavy atom. The molecular formula is C13H11NO2. The summed E-state index contributed by atoms with van der Waals surface area (Å²) in [6.45, 7) is 2.42. The number of fused-ring (bicyclic) bond motifs is 3. The third-order valence-corrected chi connectivity index (χ3v) is 2.83. The van der Waals surface area contributed by atoms with Gasteiger partial charge in [0.05, 0.1) is 5.69 Å². The lowest BCUT2D eigenvalue weighted by Crippen LogP contribution is -2.07. The van der Waals surface area contributed by atoms with Crippen LogP contribution < -0.4 is 4.74 Å². The fourth-order valence-corrected chi connectivity index (χ4v) is 2.06. The molecule has 3 heteroatoms. The summed E-state index contributed by atoms with van der Waals surface area (Å²) >= 11 is 0. The number of rotatable bonds is 0. The van der Waals surface area contributed by atoms with Crippen molar-refractivity contribution in [1.29, 1.82) is 0 Å². The lowest BCUT2D eigenvalue weighted by atomic mass is 9.97. The van der Waals surface area contributed by atoms with Crippen LogP contribution in [0.1, 0.15) is 11.3 Å². The molecule has 0 amide bonds. The molecule has 1 aromatic carbocycles. The zero-order chi connectivity index (χ0) is 11.1. The number of benzene rings is 1. The minimum absolute atomic E-state index is 0.275. The number of aryl methyl sites for hydroxylation is 1. The molecule has 0 saturated heterocycles. The van der Waals surface area contributed by atoms with Crippen LogP contribution in [0.4, 0.5) is 0 Å². The van der Waals surface area contributed by atoms with Crippen LogP contribution in [0.5, 0.6) is 11.5 Å². The van der Waals surface area contributed by atoms with Crippen molar-refractivity contribution in [2.45, 2.75) is 13.5 Å². The number of phenolic OH excluding ortho intramolecular Hbond substituents is 1. The standard InChI is InChI=1S/C13H11NO2/c1-8-13-12(4-5-14-8)11-3-2-10(15)6-9(11)7-16-13/h2-6,15H,7H2,1H3. The summed E-state index contributed by atoms with van der Waals surface area (Å²) in [4.78, 5) is 4.21. The molecule has 1 aliphatic heterocycles. The molecule has 0 unspecified atom stereocenters. The van der Waals surface area contributed by atoms with Gasteiger partial charge in [-0.25, -0.2) is 0 Å². The van der Waals surface area contributed by atoms with Gasteiger partial charge in [-0.3, -0.25) is 4.98 Å². The van der Waals surface area contributed by atoms with Crippen LogP contribution in [0, 0.1) is 6.92 Å². The highest BCUT2D eigenvalue weighted by Crippen LogP contribution is 2.39. The summed E-state index contributed by atoms with van der Waals surface area (Å²) in [6, 6.07) is 7.31. The molecule has 1 aromatic heterocycles. The average molecular weight is 213 g/mol. The average Bonchev–Trinajstić information content (AvgIpc) is 2.28. The number of hydrogen-bond donors (Lipinski definition) is 1. The van der Waals surface area contributed by atoms with Crippen LogP contribution in [-0.2, 0) is 6.61 Å². The first-order valence-corrected chi connectivity index (χ1v) is 5.16. The van der Waals surface area contributed by atoms with Crippen molar-refractivity contribution in [1.82, 2.24) is 4.98 Å². The molecule has 16 heavy (non-hydrogen) atoms. The van der Waals surface area contributed by atoms with Gasteiger partial charge >= 0.3 is 0 Å². The van der Waals surface area contributed by atoms with Gasteiger partial charge < -0.3 is 9.84 Å². The molecule has 0 saturated carbocycles. The summed E-state index contributed by atoms with van der Waals surface area (Å²) in [5, 5.41) is 9.42. The number of aromatic nitrogens is 1. The van der Waals surface area contributed by atoms with E-state index >= 15 is 0 Å². The molecule has 2 aromatic rings. The number of aromatic hydroxyl groups is 1. The van der Waals surface area contributed by atoms with Crippen molar-refractivity contribution in [3.63, 3.8) is 0 Å². The smallest absolute Gasteiger partial charge is 0.148 e. The first-order chi connectivity index (χ1) is 7.75. The Balaban J connectivity index is 2.27. The second-order valence-corrected chi connectivity index (χ2v) is 3.90. The van der Waals surface area contributed by atoms with Crippen molar-refractivity contribution in [3.05, 3.63) is 41.7 Å². The van der Waals surface area contributed by atoms with Crippen LogP contribution in [0.25, 0.3) is 11.1 Å². The zero-order valence-corrected chi connectivity index (χ0v) is 8.90. The molecule has 3 nitrogen and oxygen atoms in total. The first-order valence-electron chi connectivity index (χ1n) is 5.16. The number of phenols is 1. The lowest BCUT2D eigenvalue weighted by molar-refractivity contribution is 0.298. The van der Waals surface area contributed by atoms with E-state index in [4.69, 9.17) is 4.74 Å². The maximum Gasteiger partial charge on any atom is 0.148 e. The van der Waals surface area contributed by atoms with Gasteiger partial charge in [0.25, 0.3) is 0 Å². The molecule has 1 aliphatic rings. The topological polar surface area (TPSA) is 42.4 Å². The van der Waals surface area contributed by atoms with Gasteiger partial charge in [-0.2, -0.15) is 0 Å². The van der Waals surface area contributed by atoms with Gasteiger partial charge in [-0.1, -0.05) is 6.07 Å². The number of pyridine rings is 1. The van der Waals surface area contributed by atoms with E-state index < -0.39 is 0 Å². The van der Waals surface area contributed by atoms with Gasteiger partial charge in [-0.15, -0.1) is 0 Å². The lowest BCUT2D eigenvalue weighted by Gasteiger charge is -2.21. The summed E-state index contributed by atoms with van der Waals surface area (Å²) in [5.41, 5.74) is 4.08. The van der Waals surface area contributed by atoms with E-state index in [2.05, 4.69) is 4.98 Å². The Kier molecular flexibility index (Phi) is 1.86. The maximum absolute atomic E-state index is 9.42. The minimum atomic E-state index is 0.275. The van der Waals surface area contributed by atoms with E-state index in [0.29, 0.717) is 6.61 Å². The first kappa shape index (κ1) is 9.21. The zero-order valence-electron chi connectivity index (χ0n) is 8.90. The minimum Gasteiger partial charge on any atom is -0.508 e. The van der Waals surface area contributed by atoms with Crippen molar-refractivity contribution < 1.29 is 9.84 Å². The molecule has 80 valence electrons. The van der Waals surface area contributed by atoms with Gasteiger partial charge in [-0.05, 0) is 30.7 Å².